The van der Waals surface area contributed by atoms with Crippen LogP contribution in [0.5, 0.6) is 0 Å². The molecular formula is C12H18O2. The number of ether oxygens (including phenoxy) is 1. The van der Waals surface area contributed by atoms with Crippen molar-refractivity contribution in [3.63, 3.8) is 0 Å². The standard InChI is InChI=1S/C12H18O2/c1-8-5-9-3-2-4-10-6-11(13)14-12(9,10)7-8/h8-10H,2-7H2,1H3/t8?,9-,10+,12+/m1/s1. The summed E-state index contributed by atoms with van der Waals surface area (Å²) in [5.41, 5.74) is -0.00521. The van der Waals surface area contributed by atoms with Crippen LogP contribution < -0.4 is 0 Å². The highest BCUT2D eigenvalue weighted by Crippen LogP contribution is 2.56. The second-order valence-corrected chi connectivity index (χ2v) is 5.50. The van der Waals surface area contributed by atoms with Crippen molar-refractivity contribution in [3.8, 4) is 0 Å². The Kier molecular flexibility index (Phi) is 1.71. The summed E-state index contributed by atoms with van der Waals surface area (Å²) in [4.78, 5) is 11.4. The van der Waals surface area contributed by atoms with Gasteiger partial charge >= 0.3 is 5.97 Å². The van der Waals surface area contributed by atoms with Gasteiger partial charge in [-0.3, -0.25) is 4.79 Å². The molecule has 0 aromatic rings. The van der Waals surface area contributed by atoms with Gasteiger partial charge in [0.1, 0.15) is 5.60 Å². The summed E-state index contributed by atoms with van der Waals surface area (Å²) in [6, 6.07) is 0. The van der Waals surface area contributed by atoms with Crippen molar-refractivity contribution in [1.82, 2.24) is 0 Å². The van der Waals surface area contributed by atoms with Gasteiger partial charge in [-0.05, 0) is 37.5 Å². The summed E-state index contributed by atoms with van der Waals surface area (Å²) in [6.07, 6.45) is 6.92. The first-order valence-corrected chi connectivity index (χ1v) is 5.92. The van der Waals surface area contributed by atoms with Gasteiger partial charge in [0.05, 0.1) is 6.42 Å². The van der Waals surface area contributed by atoms with Crippen LogP contribution in [-0.4, -0.2) is 11.6 Å². The molecule has 1 saturated heterocycles. The summed E-state index contributed by atoms with van der Waals surface area (Å²) < 4.78 is 5.71. The molecule has 2 nitrogen and oxygen atoms in total. The first-order valence-electron chi connectivity index (χ1n) is 5.92. The Morgan fingerprint density at radius 2 is 2.14 bits per heavy atom. The molecule has 78 valence electrons. The monoisotopic (exact) mass is 194 g/mol. The van der Waals surface area contributed by atoms with Crippen LogP contribution in [0.3, 0.4) is 0 Å². The Labute approximate surface area is 85.0 Å². The molecule has 14 heavy (non-hydrogen) atoms. The molecule has 1 heterocycles. The average molecular weight is 194 g/mol. The third-order valence-electron chi connectivity index (χ3n) is 4.56. The Hall–Kier alpha value is -0.530. The maximum atomic E-state index is 11.4. The summed E-state index contributed by atoms with van der Waals surface area (Å²) in [6.45, 7) is 2.30. The number of hydrogen-bond donors (Lipinski definition) is 0. The van der Waals surface area contributed by atoms with E-state index in [1.54, 1.807) is 0 Å². The van der Waals surface area contributed by atoms with Gasteiger partial charge in [-0.1, -0.05) is 13.3 Å². The van der Waals surface area contributed by atoms with Crippen LogP contribution in [0.25, 0.3) is 0 Å². The van der Waals surface area contributed by atoms with Gasteiger partial charge in [0.2, 0.25) is 0 Å². The molecule has 2 heteroatoms. The molecule has 3 aliphatic rings. The van der Waals surface area contributed by atoms with Crippen LogP contribution in [-0.2, 0) is 9.53 Å². The van der Waals surface area contributed by atoms with Crippen molar-refractivity contribution in [1.29, 1.82) is 0 Å². The predicted molar refractivity (Wildman–Crippen MR) is 52.7 cm³/mol. The Bertz CT molecular complexity index is 273. The van der Waals surface area contributed by atoms with E-state index < -0.39 is 0 Å². The zero-order valence-electron chi connectivity index (χ0n) is 8.79. The molecule has 3 fully saturated rings. The zero-order chi connectivity index (χ0) is 9.76. The Balaban J connectivity index is 1.95. The highest BCUT2D eigenvalue weighted by molar-refractivity contribution is 5.73. The van der Waals surface area contributed by atoms with Crippen molar-refractivity contribution >= 4 is 5.97 Å². The fraction of sp³-hybridized carbons (Fsp3) is 0.917. The highest BCUT2D eigenvalue weighted by atomic mass is 16.6. The van der Waals surface area contributed by atoms with E-state index in [2.05, 4.69) is 6.92 Å². The summed E-state index contributed by atoms with van der Waals surface area (Å²) in [5.74, 6) is 2.06. The lowest BCUT2D eigenvalue weighted by Gasteiger charge is -2.39. The zero-order valence-corrected chi connectivity index (χ0v) is 8.79. The predicted octanol–water partition coefficient (Wildman–Crippen LogP) is 2.52. The molecule has 1 unspecified atom stereocenters. The maximum Gasteiger partial charge on any atom is 0.306 e. The highest BCUT2D eigenvalue weighted by Gasteiger charge is 2.59. The van der Waals surface area contributed by atoms with E-state index in [0.29, 0.717) is 18.3 Å². The molecule has 0 amide bonds. The van der Waals surface area contributed by atoms with Gasteiger partial charge in [0.15, 0.2) is 0 Å². The van der Waals surface area contributed by atoms with Gasteiger partial charge in [0.25, 0.3) is 0 Å². The number of esters is 1. The minimum Gasteiger partial charge on any atom is -0.458 e. The van der Waals surface area contributed by atoms with Gasteiger partial charge in [0, 0.05) is 5.92 Å². The summed E-state index contributed by atoms with van der Waals surface area (Å²) in [5, 5.41) is 0. The molecule has 2 aliphatic carbocycles. The largest absolute Gasteiger partial charge is 0.458 e. The van der Waals surface area contributed by atoms with Crippen LogP contribution >= 0.6 is 0 Å². The quantitative estimate of drug-likeness (QED) is 0.554. The van der Waals surface area contributed by atoms with Crippen LogP contribution in [0.15, 0.2) is 0 Å². The van der Waals surface area contributed by atoms with E-state index in [-0.39, 0.29) is 11.6 Å². The number of carbonyl (C=O) groups is 1. The van der Waals surface area contributed by atoms with Crippen LogP contribution in [0.4, 0.5) is 0 Å². The normalized spacial score (nSPS) is 51.2. The Morgan fingerprint density at radius 1 is 1.36 bits per heavy atom. The smallest absolute Gasteiger partial charge is 0.306 e. The van der Waals surface area contributed by atoms with E-state index >= 15 is 0 Å². The molecule has 0 radical (unpaired) electrons. The SMILES string of the molecule is CC1C[C@H]2CCC[C@H]3CC(=O)O[C@@]23C1. The molecule has 1 aliphatic heterocycles. The van der Waals surface area contributed by atoms with Crippen molar-refractivity contribution in [2.45, 2.75) is 51.0 Å². The minimum absolute atomic E-state index is 0.00521. The fourth-order valence-electron chi connectivity index (χ4n) is 4.13. The molecule has 3 rings (SSSR count). The summed E-state index contributed by atoms with van der Waals surface area (Å²) in [7, 11) is 0. The van der Waals surface area contributed by atoms with Gasteiger partial charge in [-0.25, -0.2) is 0 Å². The minimum atomic E-state index is -0.00521. The van der Waals surface area contributed by atoms with Crippen LogP contribution in [0, 0.1) is 17.8 Å². The molecule has 0 aromatic carbocycles. The lowest BCUT2D eigenvalue weighted by molar-refractivity contribution is -0.154. The first-order chi connectivity index (χ1) is 6.71. The van der Waals surface area contributed by atoms with E-state index in [1.807, 2.05) is 0 Å². The van der Waals surface area contributed by atoms with E-state index in [4.69, 9.17) is 4.74 Å². The molecule has 2 saturated carbocycles. The lowest BCUT2D eigenvalue weighted by Crippen LogP contribution is -2.42. The van der Waals surface area contributed by atoms with E-state index in [1.165, 1.54) is 25.7 Å². The van der Waals surface area contributed by atoms with Gasteiger partial charge < -0.3 is 4.74 Å². The average Bonchev–Trinajstić information content (AvgIpc) is 2.57. The van der Waals surface area contributed by atoms with Crippen molar-refractivity contribution in [3.05, 3.63) is 0 Å². The van der Waals surface area contributed by atoms with E-state index in [9.17, 15) is 4.79 Å². The van der Waals surface area contributed by atoms with Gasteiger partial charge in [-0.2, -0.15) is 0 Å². The van der Waals surface area contributed by atoms with E-state index in [0.717, 1.165) is 12.3 Å². The maximum absolute atomic E-state index is 11.4. The molecule has 0 aromatic heterocycles. The number of hydrogen-bond acceptors (Lipinski definition) is 2. The second kappa shape index (κ2) is 2.74. The number of carbonyl (C=O) groups excluding carboxylic acids is 1. The molecular weight excluding hydrogens is 176 g/mol. The molecule has 0 N–H and O–H groups in total. The van der Waals surface area contributed by atoms with Crippen molar-refractivity contribution < 1.29 is 9.53 Å². The van der Waals surface area contributed by atoms with Gasteiger partial charge in [-0.15, -0.1) is 0 Å². The Morgan fingerprint density at radius 3 is 3.00 bits per heavy atom. The third-order valence-corrected chi connectivity index (χ3v) is 4.56. The van der Waals surface area contributed by atoms with Crippen molar-refractivity contribution in [2.24, 2.45) is 17.8 Å². The van der Waals surface area contributed by atoms with Crippen molar-refractivity contribution in [2.75, 3.05) is 0 Å². The number of rotatable bonds is 0. The topological polar surface area (TPSA) is 26.3 Å². The molecule has 4 atom stereocenters. The molecule has 0 bridgehead atoms. The molecule has 1 spiro atoms. The second-order valence-electron chi connectivity index (χ2n) is 5.50. The summed E-state index contributed by atoms with van der Waals surface area (Å²) >= 11 is 0. The first kappa shape index (κ1) is 8.75. The van der Waals surface area contributed by atoms with Crippen LogP contribution in [0.1, 0.15) is 45.4 Å². The van der Waals surface area contributed by atoms with Crippen LogP contribution in [0.2, 0.25) is 0 Å². The lowest BCUT2D eigenvalue weighted by atomic mass is 9.70. The fourth-order valence-corrected chi connectivity index (χ4v) is 4.13. The third kappa shape index (κ3) is 0.999.